The van der Waals surface area contributed by atoms with Gasteiger partial charge in [-0.25, -0.2) is 9.37 Å². The molecule has 0 saturated heterocycles. The number of anilines is 1. The average Bonchev–Trinajstić information content (AvgIpc) is 3.19. The number of benzene rings is 1. The summed E-state index contributed by atoms with van der Waals surface area (Å²) in [6, 6.07) is 7.81. The van der Waals surface area contributed by atoms with Crippen LogP contribution in [0.15, 0.2) is 60.1 Å². The van der Waals surface area contributed by atoms with Crippen molar-refractivity contribution in [2.24, 2.45) is 0 Å². The molecule has 0 spiro atoms. The smallest absolute Gasteiger partial charge is 0.294 e. The number of hydrogen-bond acceptors (Lipinski definition) is 6. The van der Waals surface area contributed by atoms with Gasteiger partial charge in [-0.05, 0) is 49.7 Å². The molecule has 1 aliphatic rings. The first-order chi connectivity index (χ1) is 13.9. The van der Waals surface area contributed by atoms with Crippen molar-refractivity contribution in [3.63, 3.8) is 0 Å². The summed E-state index contributed by atoms with van der Waals surface area (Å²) in [4.78, 5) is 36.3. The van der Waals surface area contributed by atoms with Crippen LogP contribution in [-0.2, 0) is 4.79 Å². The number of hydrogen-bond donors (Lipinski definition) is 1. The molecule has 146 valence electrons. The van der Waals surface area contributed by atoms with E-state index in [0.717, 1.165) is 0 Å². The summed E-state index contributed by atoms with van der Waals surface area (Å²) in [5.74, 6) is -2.27. The van der Waals surface area contributed by atoms with Gasteiger partial charge in [-0.3, -0.25) is 19.5 Å². The molecule has 0 aliphatic carbocycles. The first-order valence-electron chi connectivity index (χ1n) is 8.79. The number of amides is 1. The highest BCUT2D eigenvalue weighted by Crippen LogP contribution is 2.42. The monoisotopic (exact) mass is 409 g/mol. The Kier molecular flexibility index (Phi) is 4.71. The highest BCUT2D eigenvalue weighted by molar-refractivity contribution is 7.14. The van der Waals surface area contributed by atoms with Gasteiger partial charge >= 0.3 is 0 Å². The van der Waals surface area contributed by atoms with Gasteiger partial charge in [0, 0.05) is 18.1 Å². The van der Waals surface area contributed by atoms with Crippen LogP contribution in [0.4, 0.5) is 10.1 Å². The summed E-state index contributed by atoms with van der Waals surface area (Å²) in [7, 11) is 0. The van der Waals surface area contributed by atoms with Crippen LogP contribution in [0.25, 0.3) is 0 Å². The fraction of sp³-hybridized carbons (Fsp3) is 0.143. The summed E-state index contributed by atoms with van der Waals surface area (Å²) in [6.07, 6.45) is 3.11. The fourth-order valence-corrected chi connectivity index (χ4v) is 4.30. The fourth-order valence-electron chi connectivity index (χ4n) is 3.42. The molecule has 6 nitrogen and oxygen atoms in total. The van der Waals surface area contributed by atoms with Crippen LogP contribution >= 0.6 is 11.3 Å². The lowest BCUT2D eigenvalue weighted by molar-refractivity contribution is -0.117. The van der Waals surface area contributed by atoms with Crippen molar-refractivity contribution in [3.05, 3.63) is 87.1 Å². The van der Waals surface area contributed by atoms with Gasteiger partial charge in [0.1, 0.15) is 5.82 Å². The van der Waals surface area contributed by atoms with E-state index in [1.54, 1.807) is 32.2 Å². The van der Waals surface area contributed by atoms with E-state index in [-0.39, 0.29) is 5.57 Å². The maximum absolute atomic E-state index is 13.4. The molecule has 4 rings (SSSR count). The molecule has 1 N–H and O–H groups in total. The predicted molar refractivity (Wildman–Crippen MR) is 106 cm³/mol. The number of nitrogens with zero attached hydrogens (tertiary/aromatic N) is 3. The van der Waals surface area contributed by atoms with Crippen molar-refractivity contribution >= 4 is 28.7 Å². The topological polar surface area (TPSA) is 83.4 Å². The summed E-state index contributed by atoms with van der Waals surface area (Å²) < 4.78 is 13.4. The molecule has 1 aromatic carbocycles. The number of aryl methyl sites for hydroxylation is 2. The quantitative estimate of drug-likeness (QED) is 0.657. The van der Waals surface area contributed by atoms with E-state index in [9.17, 15) is 19.1 Å². The van der Waals surface area contributed by atoms with E-state index in [0.29, 0.717) is 26.8 Å². The van der Waals surface area contributed by atoms with E-state index in [1.807, 2.05) is 0 Å². The second kappa shape index (κ2) is 7.21. The van der Waals surface area contributed by atoms with Gasteiger partial charge < -0.3 is 5.11 Å². The lowest BCUT2D eigenvalue weighted by Crippen LogP contribution is -2.31. The van der Waals surface area contributed by atoms with Gasteiger partial charge in [0.15, 0.2) is 5.76 Å². The molecular weight excluding hydrogens is 393 g/mol. The minimum Gasteiger partial charge on any atom is -0.503 e. The molecule has 3 aromatic rings. The number of thiazole rings is 1. The number of aliphatic hydroxyl groups is 1. The number of aromatic nitrogens is 2. The molecule has 0 radical (unpaired) electrons. The van der Waals surface area contributed by atoms with Crippen LogP contribution in [0.2, 0.25) is 0 Å². The van der Waals surface area contributed by atoms with Gasteiger partial charge in [0.05, 0.1) is 27.2 Å². The Labute approximate surface area is 170 Å². The number of ketones is 1. The minimum absolute atomic E-state index is 0.0425. The lowest BCUT2D eigenvalue weighted by atomic mass is 9.96. The van der Waals surface area contributed by atoms with Crippen LogP contribution in [0.1, 0.15) is 32.0 Å². The Morgan fingerprint density at radius 1 is 1.21 bits per heavy atom. The van der Waals surface area contributed by atoms with Gasteiger partial charge in [0.2, 0.25) is 5.78 Å². The van der Waals surface area contributed by atoms with Crippen molar-refractivity contribution < 1.29 is 19.1 Å². The van der Waals surface area contributed by atoms with Crippen molar-refractivity contribution in [1.82, 2.24) is 9.97 Å². The van der Waals surface area contributed by atoms with Crippen LogP contribution in [0.5, 0.6) is 0 Å². The Hall–Kier alpha value is -3.39. The third-order valence-corrected chi connectivity index (χ3v) is 5.74. The van der Waals surface area contributed by atoms with Gasteiger partial charge in [0.25, 0.3) is 5.91 Å². The molecule has 1 aliphatic heterocycles. The van der Waals surface area contributed by atoms with E-state index in [1.165, 1.54) is 46.7 Å². The summed E-state index contributed by atoms with van der Waals surface area (Å²) in [6.45, 7) is 3.49. The molecule has 0 bridgehead atoms. The van der Waals surface area contributed by atoms with Crippen LogP contribution < -0.4 is 4.90 Å². The zero-order chi connectivity index (χ0) is 20.7. The van der Waals surface area contributed by atoms with Crippen molar-refractivity contribution in [2.45, 2.75) is 19.9 Å². The van der Waals surface area contributed by atoms with Crippen LogP contribution in [0, 0.1) is 19.7 Å². The first kappa shape index (κ1) is 18.9. The third-order valence-electron chi connectivity index (χ3n) is 4.67. The van der Waals surface area contributed by atoms with Gasteiger partial charge in [-0.2, -0.15) is 0 Å². The number of pyridine rings is 1. The van der Waals surface area contributed by atoms with Gasteiger partial charge in [-0.1, -0.05) is 6.07 Å². The van der Waals surface area contributed by atoms with Crippen molar-refractivity contribution in [1.29, 1.82) is 0 Å². The van der Waals surface area contributed by atoms with E-state index >= 15 is 0 Å². The predicted octanol–water partition coefficient (Wildman–Crippen LogP) is 4.08. The van der Waals surface area contributed by atoms with Crippen LogP contribution in [-0.4, -0.2) is 26.8 Å². The summed E-state index contributed by atoms with van der Waals surface area (Å²) in [5.41, 5.74) is 1.41. The highest BCUT2D eigenvalue weighted by atomic mass is 32.1. The summed E-state index contributed by atoms with van der Waals surface area (Å²) in [5, 5.41) is 11.4. The van der Waals surface area contributed by atoms with Crippen LogP contribution in [0.3, 0.4) is 0 Å². The molecule has 0 fully saturated rings. The maximum atomic E-state index is 13.4. The first-order valence-corrected chi connectivity index (χ1v) is 9.61. The Morgan fingerprint density at radius 2 is 1.93 bits per heavy atom. The average molecular weight is 409 g/mol. The Morgan fingerprint density at radius 3 is 2.52 bits per heavy atom. The summed E-state index contributed by atoms with van der Waals surface area (Å²) >= 11 is 1.21. The normalized spacial score (nSPS) is 16.6. The molecule has 1 amide bonds. The molecule has 1 atom stereocenters. The number of carbonyl (C=O) groups is 2. The van der Waals surface area contributed by atoms with Crippen molar-refractivity contribution in [2.75, 3.05) is 4.90 Å². The zero-order valence-electron chi connectivity index (χ0n) is 15.6. The molecule has 29 heavy (non-hydrogen) atoms. The molecule has 2 aromatic heterocycles. The third kappa shape index (κ3) is 3.21. The molecule has 3 heterocycles. The highest BCUT2D eigenvalue weighted by Gasteiger charge is 2.45. The van der Waals surface area contributed by atoms with Crippen molar-refractivity contribution in [3.8, 4) is 0 Å². The molecule has 0 saturated carbocycles. The van der Waals surface area contributed by atoms with E-state index < -0.39 is 29.3 Å². The second-order valence-corrected chi connectivity index (χ2v) is 7.78. The molecule has 1 unspecified atom stereocenters. The number of aliphatic hydroxyl groups excluding tert-OH is 1. The molecular formula is C21H16FN3O3S. The second-order valence-electron chi connectivity index (χ2n) is 6.58. The Bertz CT molecular complexity index is 1140. The Balaban J connectivity index is 1.88. The van der Waals surface area contributed by atoms with E-state index in [2.05, 4.69) is 9.97 Å². The zero-order valence-corrected chi connectivity index (χ0v) is 16.4. The SMILES string of the molecule is Cc1nc(C)c(C(=O)C2=C(O)C(=O)N(c3ccc(F)cc3)C2c2cccnc2)s1. The lowest BCUT2D eigenvalue weighted by Gasteiger charge is -2.26. The minimum atomic E-state index is -0.893. The largest absolute Gasteiger partial charge is 0.503 e. The van der Waals surface area contributed by atoms with E-state index in [4.69, 9.17) is 0 Å². The number of carbonyl (C=O) groups excluding carboxylic acids is 2. The van der Waals surface area contributed by atoms with Gasteiger partial charge in [-0.15, -0.1) is 11.3 Å². The number of halogens is 1. The molecule has 8 heteroatoms. The standard InChI is InChI=1S/C21H16FN3O3S/c1-11-20(29-12(2)24-11)18(26)16-17(13-4-3-9-23-10-13)25(21(28)19(16)27)15-7-5-14(22)6-8-15/h3-10,17,27H,1-2H3. The maximum Gasteiger partial charge on any atom is 0.294 e. The number of rotatable bonds is 4. The number of Topliss-reactive ketones (excluding diaryl/α,β-unsaturated/α-hetero) is 1.